The van der Waals surface area contributed by atoms with Gasteiger partial charge in [0.2, 0.25) is 5.91 Å². The zero-order valence-corrected chi connectivity index (χ0v) is 15.1. The number of para-hydroxylation sites is 2. The molecule has 1 heterocycles. The van der Waals surface area contributed by atoms with Gasteiger partial charge in [0, 0.05) is 25.4 Å². The number of hydrogen-bond acceptors (Lipinski definition) is 3. The number of carbonyl (C=O) groups is 1. The molecule has 1 unspecified atom stereocenters. The van der Waals surface area contributed by atoms with Gasteiger partial charge in [0.15, 0.2) is 5.58 Å². The molecule has 3 aromatic rings. The molecule has 5 heteroatoms. The zero-order valence-electron chi connectivity index (χ0n) is 15.1. The SMILES string of the molecule is CC(C)C(CNC(=O)CCn1c(=O)oc2ccccc21)c1ccccc1. The van der Waals surface area contributed by atoms with Gasteiger partial charge in [0.1, 0.15) is 0 Å². The lowest BCUT2D eigenvalue weighted by molar-refractivity contribution is -0.121. The van der Waals surface area contributed by atoms with E-state index in [-0.39, 0.29) is 18.2 Å². The van der Waals surface area contributed by atoms with E-state index >= 15 is 0 Å². The molecule has 0 aliphatic heterocycles. The number of nitrogens with one attached hydrogen (secondary N) is 1. The van der Waals surface area contributed by atoms with Crippen molar-refractivity contribution in [2.45, 2.75) is 32.7 Å². The van der Waals surface area contributed by atoms with Crippen molar-refractivity contribution in [3.8, 4) is 0 Å². The van der Waals surface area contributed by atoms with Gasteiger partial charge in [-0.05, 0) is 23.6 Å². The van der Waals surface area contributed by atoms with E-state index in [4.69, 9.17) is 4.42 Å². The maximum absolute atomic E-state index is 12.3. The minimum Gasteiger partial charge on any atom is -0.408 e. The predicted octanol–water partition coefficient (Wildman–Crippen LogP) is 3.54. The van der Waals surface area contributed by atoms with Gasteiger partial charge in [-0.2, -0.15) is 0 Å². The van der Waals surface area contributed by atoms with E-state index in [2.05, 4.69) is 31.3 Å². The third kappa shape index (κ3) is 4.04. The molecule has 1 N–H and O–H groups in total. The quantitative estimate of drug-likeness (QED) is 0.707. The second kappa shape index (κ2) is 8.04. The minimum absolute atomic E-state index is 0.0660. The number of amides is 1. The van der Waals surface area contributed by atoms with Crippen LogP contribution in [0, 0.1) is 5.92 Å². The molecule has 5 nitrogen and oxygen atoms in total. The minimum atomic E-state index is -0.427. The number of fused-ring (bicyclic) bond motifs is 1. The van der Waals surface area contributed by atoms with E-state index in [1.165, 1.54) is 10.1 Å². The molecule has 0 saturated heterocycles. The molecule has 1 amide bonds. The van der Waals surface area contributed by atoms with Crippen LogP contribution in [0.5, 0.6) is 0 Å². The van der Waals surface area contributed by atoms with Gasteiger partial charge < -0.3 is 9.73 Å². The van der Waals surface area contributed by atoms with Crippen LogP contribution in [0.2, 0.25) is 0 Å². The maximum atomic E-state index is 12.3. The van der Waals surface area contributed by atoms with Crippen molar-refractivity contribution in [2.75, 3.05) is 6.54 Å². The van der Waals surface area contributed by atoms with Crippen LogP contribution in [0.25, 0.3) is 11.1 Å². The van der Waals surface area contributed by atoms with Crippen molar-refractivity contribution in [3.63, 3.8) is 0 Å². The predicted molar refractivity (Wildman–Crippen MR) is 102 cm³/mol. The zero-order chi connectivity index (χ0) is 18.5. The first kappa shape index (κ1) is 18.0. The summed E-state index contributed by atoms with van der Waals surface area (Å²) in [4.78, 5) is 24.2. The summed E-state index contributed by atoms with van der Waals surface area (Å²) in [6.07, 6.45) is 0.239. The van der Waals surface area contributed by atoms with E-state index in [9.17, 15) is 9.59 Å². The van der Waals surface area contributed by atoms with Gasteiger partial charge in [-0.25, -0.2) is 4.79 Å². The number of benzene rings is 2. The molecule has 3 rings (SSSR count). The highest BCUT2D eigenvalue weighted by molar-refractivity contribution is 5.76. The van der Waals surface area contributed by atoms with E-state index in [1.54, 1.807) is 6.07 Å². The monoisotopic (exact) mass is 352 g/mol. The first-order chi connectivity index (χ1) is 12.6. The van der Waals surface area contributed by atoms with Gasteiger partial charge in [-0.1, -0.05) is 56.3 Å². The number of nitrogens with zero attached hydrogens (tertiary/aromatic N) is 1. The molecule has 26 heavy (non-hydrogen) atoms. The third-order valence-electron chi connectivity index (χ3n) is 4.69. The molecule has 0 aliphatic carbocycles. The molecule has 2 aromatic carbocycles. The van der Waals surface area contributed by atoms with Gasteiger partial charge >= 0.3 is 5.76 Å². The molecule has 0 aliphatic rings. The summed E-state index contributed by atoms with van der Waals surface area (Å²) >= 11 is 0. The van der Waals surface area contributed by atoms with Crippen LogP contribution in [0.1, 0.15) is 31.7 Å². The standard InChI is InChI=1S/C21H24N2O3/c1-15(2)17(16-8-4-3-5-9-16)14-22-20(24)12-13-23-18-10-6-7-11-19(18)26-21(23)25/h3-11,15,17H,12-14H2,1-2H3,(H,22,24). The second-order valence-corrected chi connectivity index (χ2v) is 6.80. The number of carbonyl (C=O) groups excluding carboxylic acids is 1. The molecule has 0 radical (unpaired) electrons. The van der Waals surface area contributed by atoms with Crippen LogP contribution >= 0.6 is 0 Å². The molecule has 136 valence electrons. The van der Waals surface area contributed by atoms with Crippen molar-refractivity contribution in [2.24, 2.45) is 5.92 Å². The average Bonchev–Trinajstić information content (AvgIpc) is 2.96. The Balaban J connectivity index is 1.60. The fraction of sp³-hybridized carbons (Fsp3) is 0.333. The van der Waals surface area contributed by atoms with Crippen LogP contribution in [-0.4, -0.2) is 17.0 Å². The Hall–Kier alpha value is -2.82. The highest BCUT2D eigenvalue weighted by Crippen LogP contribution is 2.23. The van der Waals surface area contributed by atoms with Crippen LogP contribution in [0.3, 0.4) is 0 Å². The third-order valence-corrected chi connectivity index (χ3v) is 4.69. The van der Waals surface area contributed by atoms with Crippen molar-refractivity contribution in [1.82, 2.24) is 9.88 Å². The lowest BCUT2D eigenvalue weighted by atomic mass is 9.88. The fourth-order valence-corrected chi connectivity index (χ4v) is 3.19. The summed E-state index contributed by atoms with van der Waals surface area (Å²) in [5.41, 5.74) is 2.48. The normalized spacial score (nSPS) is 12.4. The lowest BCUT2D eigenvalue weighted by Gasteiger charge is -2.22. The fourth-order valence-electron chi connectivity index (χ4n) is 3.19. The Labute approximate surface area is 152 Å². The largest absolute Gasteiger partial charge is 0.419 e. The molecule has 0 saturated carbocycles. The molecular formula is C21H24N2O3. The lowest BCUT2D eigenvalue weighted by Crippen LogP contribution is -2.31. The summed E-state index contributed by atoms with van der Waals surface area (Å²) in [7, 11) is 0. The number of hydrogen-bond donors (Lipinski definition) is 1. The van der Waals surface area contributed by atoms with Crippen molar-refractivity contribution in [1.29, 1.82) is 0 Å². The number of aromatic nitrogens is 1. The van der Waals surface area contributed by atoms with E-state index in [0.29, 0.717) is 24.6 Å². The molecule has 1 aromatic heterocycles. The van der Waals surface area contributed by atoms with Gasteiger partial charge in [0.05, 0.1) is 5.52 Å². The molecule has 1 atom stereocenters. The van der Waals surface area contributed by atoms with Crippen molar-refractivity contribution >= 4 is 17.0 Å². The van der Waals surface area contributed by atoms with Gasteiger partial charge in [0.25, 0.3) is 0 Å². The number of rotatable bonds is 7. The first-order valence-corrected chi connectivity index (χ1v) is 8.96. The van der Waals surface area contributed by atoms with Crippen LogP contribution < -0.4 is 11.1 Å². The first-order valence-electron chi connectivity index (χ1n) is 8.96. The Morgan fingerprint density at radius 3 is 2.50 bits per heavy atom. The van der Waals surface area contributed by atoms with Crippen LogP contribution in [0.4, 0.5) is 0 Å². The summed E-state index contributed by atoms with van der Waals surface area (Å²) in [5, 5.41) is 3.01. The second-order valence-electron chi connectivity index (χ2n) is 6.80. The Morgan fingerprint density at radius 2 is 1.77 bits per heavy atom. The van der Waals surface area contributed by atoms with Crippen molar-refractivity contribution < 1.29 is 9.21 Å². The van der Waals surface area contributed by atoms with E-state index < -0.39 is 5.76 Å². The van der Waals surface area contributed by atoms with E-state index in [1.807, 2.05) is 36.4 Å². The topological polar surface area (TPSA) is 64.2 Å². The van der Waals surface area contributed by atoms with E-state index in [0.717, 1.165) is 5.52 Å². The highest BCUT2D eigenvalue weighted by Gasteiger charge is 2.17. The van der Waals surface area contributed by atoms with Crippen molar-refractivity contribution in [3.05, 3.63) is 70.7 Å². The maximum Gasteiger partial charge on any atom is 0.419 e. The van der Waals surface area contributed by atoms with Gasteiger partial charge in [-0.3, -0.25) is 9.36 Å². The Kier molecular flexibility index (Phi) is 5.56. The van der Waals surface area contributed by atoms with Gasteiger partial charge in [-0.15, -0.1) is 0 Å². The Morgan fingerprint density at radius 1 is 1.08 bits per heavy atom. The summed E-state index contributed by atoms with van der Waals surface area (Å²) < 4.78 is 6.70. The highest BCUT2D eigenvalue weighted by atomic mass is 16.4. The summed E-state index contributed by atoms with van der Waals surface area (Å²) in [6, 6.07) is 17.4. The summed E-state index contributed by atoms with van der Waals surface area (Å²) in [5.74, 6) is 0.183. The number of oxazole rings is 1. The molecule has 0 fully saturated rings. The smallest absolute Gasteiger partial charge is 0.408 e. The number of aryl methyl sites for hydroxylation is 1. The van der Waals surface area contributed by atoms with Crippen LogP contribution in [-0.2, 0) is 11.3 Å². The van der Waals surface area contributed by atoms with Crippen LogP contribution in [0.15, 0.2) is 63.8 Å². The summed E-state index contributed by atoms with van der Waals surface area (Å²) in [6.45, 7) is 5.20. The molecular weight excluding hydrogens is 328 g/mol. The Bertz CT molecular complexity index is 925. The molecule has 0 bridgehead atoms. The molecule has 0 spiro atoms. The average molecular weight is 352 g/mol.